The summed E-state index contributed by atoms with van der Waals surface area (Å²) in [5.74, 6) is 0.374. The molecule has 1 heterocycles. The quantitative estimate of drug-likeness (QED) is 0.281. The molecule has 1 amide bonds. The molecule has 8 heteroatoms. The third-order valence-electron chi connectivity index (χ3n) is 5.92. The average Bonchev–Trinajstić information content (AvgIpc) is 3.21. The van der Waals surface area contributed by atoms with Gasteiger partial charge in [-0.15, -0.1) is 0 Å². The second-order valence-electron chi connectivity index (χ2n) is 8.77. The van der Waals surface area contributed by atoms with Crippen LogP contribution in [0, 0.1) is 6.92 Å². The van der Waals surface area contributed by atoms with Crippen molar-refractivity contribution in [3.63, 3.8) is 0 Å². The molecule has 0 bridgehead atoms. The first-order chi connectivity index (χ1) is 17.4. The number of ether oxygens (including phenoxy) is 1. The molecular weight excluding hydrogens is 454 g/mol. The number of anilines is 1. The first kappa shape index (κ1) is 28.9. The molecule has 0 spiro atoms. The van der Waals surface area contributed by atoms with E-state index in [0.29, 0.717) is 22.6 Å². The van der Waals surface area contributed by atoms with Gasteiger partial charge in [0.1, 0.15) is 12.4 Å². The molecule has 36 heavy (non-hydrogen) atoms. The van der Waals surface area contributed by atoms with E-state index >= 15 is 0 Å². The standard InChI is InChI=1S/C22H28N4O3.C6H13N/c1-14-4-6-18(24)11-19(14)22(28)26-15(2)16-5-7-21(29-9-8-27)20(10-16)17(12-23)13-25-3;1-2-4-6-7-5-3-1/h4-7,10-13,15,27H,8-9,23-24H2,1-3H3,(H,26,28);7H,1-6H2/b17-12+,25-13?;. The molecule has 1 aliphatic rings. The number of hydrogen-bond acceptors (Lipinski definition) is 7. The predicted octanol–water partition coefficient (Wildman–Crippen LogP) is 3.59. The van der Waals surface area contributed by atoms with Crippen LogP contribution in [0.1, 0.15) is 65.7 Å². The van der Waals surface area contributed by atoms with E-state index in [-0.39, 0.29) is 25.2 Å². The summed E-state index contributed by atoms with van der Waals surface area (Å²) >= 11 is 0. The van der Waals surface area contributed by atoms with Crippen molar-refractivity contribution in [2.45, 2.75) is 45.6 Å². The van der Waals surface area contributed by atoms with Crippen molar-refractivity contribution in [1.29, 1.82) is 0 Å². The largest absolute Gasteiger partial charge is 0.491 e. The average molecular weight is 496 g/mol. The van der Waals surface area contributed by atoms with Gasteiger partial charge in [0.05, 0.1) is 12.6 Å². The first-order valence-corrected chi connectivity index (χ1v) is 12.5. The maximum absolute atomic E-state index is 12.7. The van der Waals surface area contributed by atoms with Crippen LogP contribution < -0.4 is 26.8 Å². The number of nitrogens with two attached hydrogens (primary N) is 2. The van der Waals surface area contributed by atoms with E-state index in [1.807, 2.05) is 32.0 Å². The normalized spacial score (nSPS) is 14.9. The molecule has 0 radical (unpaired) electrons. The number of carbonyl (C=O) groups excluding carboxylic acids is 1. The van der Waals surface area contributed by atoms with E-state index < -0.39 is 0 Å². The van der Waals surface area contributed by atoms with E-state index in [0.717, 1.165) is 16.7 Å². The lowest BCUT2D eigenvalue weighted by Crippen LogP contribution is -2.27. The molecule has 0 saturated carbocycles. The summed E-state index contributed by atoms with van der Waals surface area (Å²) in [5, 5.41) is 15.4. The van der Waals surface area contributed by atoms with Crippen LogP contribution in [0.5, 0.6) is 5.75 Å². The number of nitrogens with one attached hydrogen (secondary N) is 2. The highest BCUT2D eigenvalue weighted by Gasteiger charge is 2.16. The second-order valence-corrected chi connectivity index (χ2v) is 8.77. The van der Waals surface area contributed by atoms with Crippen molar-refractivity contribution in [3.8, 4) is 5.75 Å². The maximum Gasteiger partial charge on any atom is 0.252 e. The molecule has 0 aromatic heterocycles. The number of nitrogens with zero attached hydrogens (tertiary/aromatic N) is 1. The summed E-state index contributed by atoms with van der Waals surface area (Å²) in [6.45, 7) is 6.32. The third kappa shape index (κ3) is 9.02. The van der Waals surface area contributed by atoms with E-state index in [1.165, 1.54) is 45.0 Å². The van der Waals surface area contributed by atoms with E-state index in [2.05, 4.69) is 15.6 Å². The van der Waals surface area contributed by atoms with Gasteiger partial charge in [-0.25, -0.2) is 0 Å². The Hall–Kier alpha value is -3.36. The van der Waals surface area contributed by atoms with Gasteiger partial charge in [-0.05, 0) is 75.2 Å². The second kappa shape index (κ2) is 15.6. The van der Waals surface area contributed by atoms with Gasteiger partial charge < -0.3 is 31.9 Å². The minimum Gasteiger partial charge on any atom is -0.491 e. The van der Waals surface area contributed by atoms with Crippen LogP contribution in [0.2, 0.25) is 0 Å². The van der Waals surface area contributed by atoms with Crippen LogP contribution in [-0.2, 0) is 0 Å². The van der Waals surface area contributed by atoms with Gasteiger partial charge in [-0.2, -0.15) is 0 Å². The number of hydrogen-bond donors (Lipinski definition) is 5. The summed E-state index contributed by atoms with van der Waals surface area (Å²) in [5.41, 5.74) is 15.8. The summed E-state index contributed by atoms with van der Waals surface area (Å²) in [6, 6.07) is 10.5. The lowest BCUT2D eigenvalue weighted by Gasteiger charge is -2.19. The summed E-state index contributed by atoms with van der Waals surface area (Å²) in [6.07, 6.45) is 8.72. The smallest absolute Gasteiger partial charge is 0.252 e. The zero-order valence-corrected chi connectivity index (χ0v) is 21.7. The molecule has 1 aliphatic heterocycles. The van der Waals surface area contributed by atoms with Gasteiger partial charge in [-0.3, -0.25) is 9.79 Å². The topological polar surface area (TPSA) is 135 Å². The van der Waals surface area contributed by atoms with Crippen LogP contribution in [0.15, 0.2) is 47.6 Å². The molecule has 1 unspecified atom stereocenters. The number of aryl methyl sites for hydroxylation is 1. The SMILES string of the molecule is C1CCCNCC1.CN=C/C(=C\N)c1cc(C(C)NC(=O)c2cc(N)ccc2C)ccc1OCCO. The van der Waals surface area contributed by atoms with Gasteiger partial charge in [0.25, 0.3) is 5.91 Å². The highest BCUT2D eigenvalue weighted by molar-refractivity contribution is 6.10. The van der Waals surface area contributed by atoms with Crippen LogP contribution in [0.3, 0.4) is 0 Å². The van der Waals surface area contributed by atoms with Crippen molar-refractivity contribution in [2.24, 2.45) is 10.7 Å². The van der Waals surface area contributed by atoms with Crippen LogP contribution >= 0.6 is 0 Å². The number of rotatable bonds is 8. The number of aliphatic imine (C=N–C) groups is 1. The van der Waals surface area contributed by atoms with Gasteiger partial charge in [0.15, 0.2) is 0 Å². The molecule has 1 atom stereocenters. The fraction of sp³-hybridized carbons (Fsp3) is 0.429. The fourth-order valence-electron chi connectivity index (χ4n) is 3.89. The van der Waals surface area contributed by atoms with Crippen LogP contribution in [-0.4, -0.2) is 50.6 Å². The van der Waals surface area contributed by atoms with Gasteiger partial charge >= 0.3 is 0 Å². The Balaban J connectivity index is 0.000000558. The van der Waals surface area contributed by atoms with Crippen molar-refractivity contribution >= 4 is 23.4 Å². The number of aliphatic hydroxyl groups is 1. The van der Waals surface area contributed by atoms with Crippen LogP contribution in [0.25, 0.3) is 5.57 Å². The van der Waals surface area contributed by atoms with Gasteiger partial charge in [0, 0.05) is 41.8 Å². The lowest BCUT2D eigenvalue weighted by molar-refractivity contribution is 0.0939. The summed E-state index contributed by atoms with van der Waals surface area (Å²) < 4.78 is 5.62. The van der Waals surface area contributed by atoms with Gasteiger partial charge in [0.2, 0.25) is 0 Å². The highest BCUT2D eigenvalue weighted by atomic mass is 16.5. The predicted molar refractivity (Wildman–Crippen MR) is 148 cm³/mol. The minimum atomic E-state index is -0.272. The Kier molecular flexibility index (Phi) is 12.5. The molecule has 2 aromatic carbocycles. The number of amides is 1. The molecule has 1 fully saturated rings. The van der Waals surface area contributed by atoms with Crippen molar-refractivity contribution < 1.29 is 14.6 Å². The van der Waals surface area contributed by atoms with Crippen molar-refractivity contribution in [3.05, 3.63) is 64.9 Å². The number of nitrogen functional groups attached to an aromatic ring is 1. The molecule has 1 saturated heterocycles. The zero-order valence-electron chi connectivity index (χ0n) is 21.7. The first-order valence-electron chi connectivity index (χ1n) is 12.5. The Morgan fingerprint density at radius 3 is 2.53 bits per heavy atom. The number of carbonyl (C=O) groups is 1. The Bertz CT molecular complexity index is 1020. The monoisotopic (exact) mass is 495 g/mol. The lowest BCUT2D eigenvalue weighted by atomic mass is 9.99. The van der Waals surface area contributed by atoms with Crippen molar-refractivity contribution in [1.82, 2.24) is 10.6 Å². The summed E-state index contributed by atoms with van der Waals surface area (Å²) in [7, 11) is 1.65. The molecular formula is C28H41N5O3. The Morgan fingerprint density at radius 1 is 1.17 bits per heavy atom. The van der Waals surface area contributed by atoms with E-state index in [4.69, 9.17) is 21.3 Å². The van der Waals surface area contributed by atoms with E-state index in [1.54, 1.807) is 31.5 Å². The minimum absolute atomic E-state index is 0.100. The molecule has 2 aromatic rings. The third-order valence-corrected chi connectivity index (χ3v) is 5.92. The van der Waals surface area contributed by atoms with Crippen LogP contribution in [0.4, 0.5) is 5.69 Å². The highest BCUT2D eigenvalue weighted by Crippen LogP contribution is 2.29. The fourth-order valence-corrected chi connectivity index (χ4v) is 3.89. The Labute approximate surface area is 214 Å². The molecule has 7 N–H and O–H groups in total. The molecule has 3 rings (SSSR count). The molecule has 196 valence electrons. The summed E-state index contributed by atoms with van der Waals surface area (Å²) in [4.78, 5) is 16.7. The number of aliphatic hydroxyl groups excluding tert-OH is 1. The Morgan fingerprint density at radius 2 is 1.89 bits per heavy atom. The molecule has 0 aliphatic carbocycles. The number of allylic oxidation sites excluding steroid dienone is 1. The molecule has 8 nitrogen and oxygen atoms in total. The number of benzene rings is 2. The maximum atomic E-state index is 12.7. The zero-order chi connectivity index (χ0) is 26.3. The van der Waals surface area contributed by atoms with Gasteiger partial charge in [-0.1, -0.05) is 25.0 Å². The van der Waals surface area contributed by atoms with Crippen molar-refractivity contribution in [2.75, 3.05) is 39.1 Å². The van der Waals surface area contributed by atoms with E-state index in [9.17, 15) is 4.79 Å².